The first kappa shape index (κ1) is 21.0. The minimum Gasteiger partial charge on any atom is -0.490 e. The lowest BCUT2D eigenvalue weighted by atomic mass is 9.93. The molecule has 0 saturated carbocycles. The molecule has 0 aliphatic rings. The van der Waals surface area contributed by atoms with E-state index in [4.69, 9.17) is 32.5 Å². The van der Waals surface area contributed by atoms with Gasteiger partial charge in [-0.1, -0.05) is 31.5 Å². The van der Waals surface area contributed by atoms with Gasteiger partial charge in [0, 0.05) is 17.8 Å². The fraction of sp³-hybridized carbons (Fsp3) is 0.400. The van der Waals surface area contributed by atoms with Crippen LogP contribution in [0.2, 0.25) is 5.02 Å². The number of ether oxygens (including phenoxy) is 2. The number of rotatable bonds is 7. The Labute approximate surface area is 164 Å². The fourth-order valence-electron chi connectivity index (χ4n) is 3.05. The summed E-state index contributed by atoms with van der Waals surface area (Å²) in [6.45, 7) is 8.49. The molecule has 0 spiro atoms. The van der Waals surface area contributed by atoms with Gasteiger partial charge in [0.1, 0.15) is 12.4 Å². The lowest BCUT2D eigenvalue weighted by Gasteiger charge is -2.27. The van der Waals surface area contributed by atoms with Gasteiger partial charge in [0.15, 0.2) is 0 Å². The summed E-state index contributed by atoms with van der Waals surface area (Å²) in [5.41, 5.74) is 13.4. The monoisotopic (exact) mass is 391 g/mol. The second-order valence-corrected chi connectivity index (χ2v) is 7.77. The van der Waals surface area contributed by atoms with Crippen LogP contribution in [-0.2, 0) is 0 Å². The Bertz CT molecular complexity index is 822. The molecule has 0 aliphatic carbocycles. The number of amides is 1. The van der Waals surface area contributed by atoms with Gasteiger partial charge in [0.2, 0.25) is 5.88 Å². The van der Waals surface area contributed by atoms with Crippen molar-refractivity contribution in [3.8, 4) is 22.8 Å². The molecule has 0 bridgehead atoms. The van der Waals surface area contributed by atoms with Gasteiger partial charge in [-0.05, 0) is 55.0 Å². The van der Waals surface area contributed by atoms with Gasteiger partial charge in [-0.2, -0.15) is 0 Å². The molecule has 1 aromatic carbocycles. The van der Waals surface area contributed by atoms with Gasteiger partial charge < -0.3 is 20.9 Å². The van der Waals surface area contributed by atoms with E-state index in [1.165, 1.54) is 6.20 Å². The van der Waals surface area contributed by atoms with E-state index >= 15 is 0 Å². The van der Waals surface area contributed by atoms with Gasteiger partial charge in [-0.25, -0.2) is 9.78 Å². The number of hydrogen-bond acceptors (Lipinski definition) is 5. The average Bonchev–Trinajstić information content (AvgIpc) is 2.54. The van der Waals surface area contributed by atoms with Crippen LogP contribution in [0.25, 0.3) is 11.1 Å². The number of nitrogens with two attached hydrogens (primary N) is 2. The Morgan fingerprint density at radius 1 is 1.33 bits per heavy atom. The predicted molar refractivity (Wildman–Crippen MR) is 107 cm³/mol. The van der Waals surface area contributed by atoms with E-state index in [-0.39, 0.29) is 5.88 Å². The summed E-state index contributed by atoms with van der Waals surface area (Å²) in [7, 11) is 0. The van der Waals surface area contributed by atoms with E-state index in [9.17, 15) is 4.79 Å². The summed E-state index contributed by atoms with van der Waals surface area (Å²) >= 11 is 6.52. The summed E-state index contributed by atoms with van der Waals surface area (Å²) in [5, 5.41) is 0.516. The Hall–Kier alpha value is -2.31. The fourth-order valence-corrected chi connectivity index (χ4v) is 3.27. The molecule has 1 unspecified atom stereocenters. The van der Waals surface area contributed by atoms with Crippen LogP contribution in [-0.4, -0.2) is 23.2 Å². The van der Waals surface area contributed by atoms with Crippen molar-refractivity contribution in [2.45, 2.75) is 39.7 Å². The zero-order chi connectivity index (χ0) is 20.2. The molecule has 0 fully saturated rings. The maximum atomic E-state index is 10.9. The molecule has 0 radical (unpaired) electrons. The summed E-state index contributed by atoms with van der Waals surface area (Å²) in [4.78, 5) is 14.9. The molecule has 1 heterocycles. The van der Waals surface area contributed by atoms with Crippen LogP contribution in [0.15, 0.2) is 30.5 Å². The van der Waals surface area contributed by atoms with Crippen LogP contribution in [0.1, 0.15) is 32.8 Å². The van der Waals surface area contributed by atoms with Gasteiger partial charge in [-0.15, -0.1) is 0 Å². The molecule has 1 atom stereocenters. The third kappa shape index (κ3) is 5.84. The largest absolute Gasteiger partial charge is 0.490 e. The highest BCUT2D eigenvalue weighted by atomic mass is 35.5. The molecule has 27 heavy (non-hydrogen) atoms. The molecule has 2 rings (SSSR count). The number of aromatic nitrogens is 1. The molecular formula is C20H26ClN3O3. The molecule has 2 aromatic rings. The van der Waals surface area contributed by atoms with E-state index in [0.29, 0.717) is 23.3 Å². The number of primary amides is 1. The minimum absolute atomic E-state index is 0.128. The summed E-state index contributed by atoms with van der Waals surface area (Å²) < 4.78 is 10.7. The Morgan fingerprint density at radius 3 is 2.67 bits per heavy atom. The highest BCUT2D eigenvalue weighted by Crippen LogP contribution is 2.36. The second-order valence-electron chi connectivity index (χ2n) is 7.39. The molecule has 1 amide bonds. The number of hydrogen-bond donors (Lipinski definition) is 2. The van der Waals surface area contributed by atoms with Gasteiger partial charge in [0.25, 0.3) is 0 Å². The molecule has 1 aromatic heterocycles. The smallest absolute Gasteiger partial charge is 0.411 e. The highest BCUT2D eigenvalue weighted by Gasteiger charge is 2.22. The van der Waals surface area contributed by atoms with Crippen LogP contribution in [0.5, 0.6) is 11.6 Å². The number of nitrogens with zero attached hydrogens (tertiary/aromatic N) is 1. The van der Waals surface area contributed by atoms with E-state index in [0.717, 1.165) is 23.1 Å². The number of pyridine rings is 1. The molecule has 146 valence electrons. The molecular weight excluding hydrogens is 366 g/mol. The number of halogens is 1. The van der Waals surface area contributed by atoms with Gasteiger partial charge in [0.05, 0.1) is 5.02 Å². The Balaban J connectivity index is 2.23. The zero-order valence-corrected chi connectivity index (χ0v) is 16.8. The van der Waals surface area contributed by atoms with Crippen molar-refractivity contribution in [3.63, 3.8) is 0 Å². The van der Waals surface area contributed by atoms with E-state index < -0.39 is 11.6 Å². The first-order chi connectivity index (χ1) is 12.6. The minimum atomic E-state index is -0.913. The SMILES string of the molecule is Cc1c(-c2ccnc(OC(N)=O)c2)ccc(OCC(C)(N)CC(C)C)c1Cl. The van der Waals surface area contributed by atoms with E-state index in [1.54, 1.807) is 12.1 Å². The van der Waals surface area contributed by atoms with E-state index in [2.05, 4.69) is 18.8 Å². The predicted octanol–water partition coefficient (Wildman–Crippen LogP) is 4.31. The number of carbonyl (C=O) groups is 1. The van der Waals surface area contributed by atoms with Crippen molar-refractivity contribution in [1.29, 1.82) is 0 Å². The topological polar surface area (TPSA) is 100 Å². The number of benzene rings is 1. The Morgan fingerprint density at radius 2 is 2.04 bits per heavy atom. The van der Waals surface area contributed by atoms with Crippen molar-refractivity contribution in [1.82, 2.24) is 4.98 Å². The highest BCUT2D eigenvalue weighted by molar-refractivity contribution is 6.33. The summed E-state index contributed by atoms with van der Waals surface area (Å²) in [6.07, 6.45) is 1.47. The van der Waals surface area contributed by atoms with Crippen LogP contribution in [0, 0.1) is 12.8 Å². The lowest BCUT2D eigenvalue weighted by molar-refractivity contribution is 0.207. The first-order valence-electron chi connectivity index (χ1n) is 8.73. The van der Waals surface area contributed by atoms with Crippen LogP contribution < -0.4 is 20.9 Å². The molecule has 0 saturated heterocycles. The lowest BCUT2D eigenvalue weighted by Crippen LogP contribution is -2.43. The molecule has 6 nitrogen and oxygen atoms in total. The maximum absolute atomic E-state index is 10.9. The van der Waals surface area contributed by atoms with Crippen LogP contribution in [0.4, 0.5) is 4.79 Å². The number of carbonyl (C=O) groups excluding carboxylic acids is 1. The van der Waals surface area contributed by atoms with Crippen LogP contribution >= 0.6 is 11.6 Å². The van der Waals surface area contributed by atoms with E-state index in [1.807, 2.05) is 26.0 Å². The van der Waals surface area contributed by atoms with Crippen molar-refractivity contribution < 1.29 is 14.3 Å². The summed E-state index contributed by atoms with van der Waals surface area (Å²) in [6, 6.07) is 7.14. The second kappa shape index (κ2) is 8.59. The van der Waals surface area contributed by atoms with Gasteiger partial charge >= 0.3 is 6.09 Å². The third-order valence-electron chi connectivity index (χ3n) is 4.03. The molecule has 4 N–H and O–H groups in total. The van der Waals surface area contributed by atoms with Gasteiger partial charge in [-0.3, -0.25) is 0 Å². The van der Waals surface area contributed by atoms with Crippen molar-refractivity contribution >= 4 is 17.7 Å². The Kier molecular flexibility index (Phi) is 6.68. The molecule has 0 aliphatic heterocycles. The maximum Gasteiger partial charge on any atom is 0.411 e. The zero-order valence-electron chi connectivity index (χ0n) is 16.1. The summed E-state index contributed by atoms with van der Waals surface area (Å²) in [5.74, 6) is 1.19. The first-order valence-corrected chi connectivity index (χ1v) is 9.11. The van der Waals surface area contributed by atoms with Crippen molar-refractivity contribution in [2.24, 2.45) is 17.4 Å². The van der Waals surface area contributed by atoms with Crippen LogP contribution in [0.3, 0.4) is 0 Å². The average molecular weight is 392 g/mol. The quantitative estimate of drug-likeness (QED) is 0.732. The van der Waals surface area contributed by atoms with Crippen molar-refractivity contribution in [3.05, 3.63) is 41.0 Å². The normalized spacial score (nSPS) is 13.3. The standard InChI is InChI=1S/C20H26ClN3O3/c1-12(2)10-20(4,23)11-26-16-6-5-15(13(3)18(16)21)14-7-8-24-17(9-14)27-19(22)25/h5-9,12H,10-11,23H2,1-4H3,(H2,22,25). The molecule has 7 heteroatoms. The van der Waals surface area contributed by atoms with Crippen molar-refractivity contribution in [2.75, 3.05) is 6.61 Å². The third-order valence-corrected chi connectivity index (χ3v) is 4.50.